The number of para-hydroxylation sites is 1. The number of carbonyl (C=O) groups excluding carboxylic acids is 1. The van der Waals surface area contributed by atoms with Crippen molar-refractivity contribution in [2.24, 2.45) is 0 Å². The number of anilines is 1. The molecule has 1 aromatic heterocycles. The van der Waals surface area contributed by atoms with Gasteiger partial charge in [0.2, 0.25) is 5.91 Å². The van der Waals surface area contributed by atoms with Crippen molar-refractivity contribution in [3.05, 3.63) is 77.6 Å². The molecule has 32 heavy (non-hydrogen) atoms. The van der Waals surface area contributed by atoms with Gasteiger partial charge in [0.1, 0.15) is 12.4 Å². The number of rotatable bonds is 9. The number of amides is 1. The molecule has 3 aromatic rings. The predicted molar refractivity (Wildman–Crippen MR) is 117 cm³/mol. The Balaban J connectivity index is 1.66. The summed E-state index contributed by atoms with van der Waals surface area (Å²) in [6.45, 7) is 4.23. The van der Waals surface area contributed by atoms with Crippen molar-refractivity contribution < 1.29 is 22.7 Å². The number of aromatic nitrogens is 3. The molecule has 11 heteroatoms. The fourth-order valence-electron chi connectivity index (χ4n) is 2.69. The van der Waals surface area contributed by atoms with Crippen molar-refractivity contribution in [3.8, 4) is 5.75 Å². The van der Waals surface area contributed by atoms with Crippen LogP contribution >= 0.6 is 23.4 Å². The van der Waals surface area contributed by atoms with Gasteiger partial charge in [-0.3, -0.25) is 9.36 Å². The molecule has 0 saturated heterocycles. The van der Waals surface area contributed by atoms with Gasteiger partial charge in [-0.1, -0.05) is 47.6 Å². The summed E-state index contributed by atoms with van der Waals surface area (Å²) in [5, 5.41) is 10.8. The van der Waals surface area contributed by atoms with Crippen LogP contribution in [0.15, 0.2) is 66.3 Å². The van der Waals surface area contributed by atoms with Crippen LogP contribution in [0.2, 0.25) is 5.02 Å². The summed E-state index contributed by atoms with van der Waals surface area (Å²) in [6.07, 6.45) is -3.01. The van der Waals surface area contributed by atoms with Crippen LogP contribution in [0.1, 0.15) is 11.4 Å². The minimum Gasteiger partial charge on any atom is -0.486 e. The molecule has 1 N–H and O–H groups in total. The van der Waals surface area contributed by atoms with E-state index in [9.17, 15) is 18.0 Å². The Kier molecular flexibility index (Phi) is 7.81. The van der Waals surface area contributed by atoms with E-state index in [0.717, 1.165) is 23.9 Å². The Hall–Kier alpha value is -2.98. The molecule has 0 unspecified atom stereocenters. The Morgan fingerprint density at radius 3 is 2.66 bits per heavy atom. The van der Waals surface area contributed by atoms with Crippen molar-refractivity contribution in [1.82, 2.24) is 14.8 Å². The Labute approximate surface area is 191 Å². The number of alkyl halides is 3. The number of ether oxygens (including phenoxy) is 1. The molecular weight excluding hydrogens is 465 g/mol. The highest BCUT2D eigenvalue weighted by Gasteiger charge is 2.34. The minimum absolute atomic E-state index is 0.0764. The highest BCUT2D eigenvalue weighted by molar-refractivity contribution is 7.99. The van der Waals surface area contributed by atoms with Crippen LogP contribution < -0.4 is 10.1 Å². The van der Waals surface area contributed by atoms with Crippen molar-refractivity contribution in [2.45, 2.75) is 24.5 Å². The maximum atomic E-state index is 13.2. The number of hydrogen-bond acceptors (Lipinski definition) is 5. The van der Waals surface area contributed by atoms with E-state index < -0.39 is 17.6 Å². The van der Waals surface area contributed by atoms with E-state index in [1.165, 1.54) is 6.07 Å². The monoisotopic (exact) mass is 482 g/mol. The molecule has 3 rings (SSSR count). The summed E-state index contributed by atoms with van der Waals surface area (Å²) in [5.74, 6) is 0.388. The van der Waals surface area contributed by atoms with E-state index in [-0.39, 0.29) is 23.1 Å². The Morgan fingerprint density at radius 2 is 1.97 bits per heavy atom. The average molecular weight is 483 g/mol. The first kappa shape index (κ1) is 23.7. The summed E-state index contributed by atoms with van der Waals surface area (Å²) in [5.41, 5.74) is -1.38. The van der Waals surface area contributed by atoms with Crippen LogP contribution in [0.4, 0.5) is 18.9 Å². The van der Waals surface area contributed by atoms with Gasteiger partial charge in [0, 0.05) is 11.6 Å². The topological polar surface area (TPSA) is 69.0 Å². The number of halogens is 4. The summed E-state index contributed by atoms with van der Waals surface area (Å²) in [4.78, 5) is 12.3. The molecule has 0 fully saturated rings. The van der Waals surface area contributed by atoms with Crippen molar-refractivity contribution in [1.29, 1.82) is 0 Å². The van der Waals surface area contributed by atoms with E-state index in [2.05, 4.69) is 22.1 Å². The highest BCUT2D eigenvalue weighted by Crippen LogP contribution is 2.36. The molecule has 6 nitrogen and oxygen atoms in total. The third-order valence-corrected chi connectivity index (χ3v) is 5.31. The Morgan fingerprint density at radius 1 is 1.22 bits per heavy atom. The van der Waals surface area contributed by atoms with Gasteiger partial charge < -0.3 is 10.1 Å². The molecule has 0 saturated carbocycles. The lowest BCUT2D eigenvalue weighted by atomic mass is 10.1. The molecular formula is C21H18ClF3N4O2S. The largest absolute Gasteiger partial charge is 0.486 e. The van der Waals surface area contributed by atoms with Crippen LogP contribution in [0, 0.1) is 0 Å². The third-order valence-electron chi connectivity index (χ3n) is 4.11. The normalized spacial score (nSPS) is 11.2. The number of thioether (sulfide) groups is 1. The van der Waals surface area contributed by atoms with Crippen LogP contribution in [-0.2, 0) is 24.1 Å². The van der Waals surface area contributed by atoms with Crippen LogP contribution in [0.25, 0.3) is 0 Å². The second-order valence-electron chi connectivity index (χ2n) is 6.42. The molecule has 0 atom stereocenters. The summed E-state index contributed by atoms with van der Waals surface area (Å²) in [7, 11) is 0. The Bertz CT molecular complexity index is 1090. The first-order chi connectivity index (χ1) is 15.3. The molecule has 2 aromatic carbocycles. The van der Waals surface area contributed by atoms with E-state index in [0.29, 0.717) is 23.3 Å². The maximum absolute atomic E-state index is 13.2. The predicted octanol–water partition coefficient (Wildman–Crippen LogP) is 5.45. The molecule has 0 aliphatic carbocycles. The van der Waals surface area contributed by atoms with Gasteiger partial charge in [0.25, 0.3) is 0 Å². The zero-order valence-corrected chi connectivity index (χ0v) is 18.2. The number of hydrogen-bond donors (Lipinski definition) is 1. The molecule has 0 aliphatic rings. The van der Waals surface area contributed by atoms with Gasteiger partial charge in [0.15, 0.2) is 11.0 Å². The highest BCUT2D eigenvalue weighted by atomic mass is 35.5. The molecule has 0 bridgehead atoms. The number of nitrogens with zero attached hydrogens (tertiary/aromatic N) is 3. The molecule has 1 heterocycles. The van der Waals surface area contributed by atoms with Gasteiger partial charge in [-0.15, -0.1) is 16.8 Å². The van der Waals surface area contributed by atoms with Crippen molar-refractivity contribution >= 4 is 35.0 Å². The number of benzene rings is 2. The van der Waals surface area contributed by atoms with Gasteiger partial charge in [-0.25, -0.2) is 0 Å². The first-order valence-electron chi connectivity index (χ1n) is 9.28. The lowest BCUT2D eigenvalue weighted by molar-refractivity contribution is -0.137. The second-order valence-corrected chi connectivity index (χ2v) is 7.80. The van der Waals surface area contributed by atoms with Gasteiger partial charge in [-0.05, 0) is 30.3 Å². The fourth-order valence-corrected chi connectivity index (χ4v) is 3.62. The van der Waals surface area contributed by atoms with Gasteiger partial charge in [0.05, 0.1) is 17.0 Å². The van der Waals surface area contributed by atoms with E-state index in [1.54, 1.807) is 22.8 Å². The van der Waals surface area contributed by atoms with Crippen LogP contribution in [-0.4, -0.2) is 26.4 Å². The first-order valence-corrected chi connectivity index (χ1v) is 10.6. The second kappa shape index (κ2) is 10.6. The standard InChI is InChI=1S/C21H18ClF3N4O2S/c1-2-10-29-18(12-31-15-6-4-3-5-7-15)27-28-20(29)32-13-19(30)26-17-9-8-14(22)11-16(17)21(23,24)25/h2-9,11H,1,10,12-13H2,(H,26,30). The van der Waals surface area contributed by atoms with E-state index in [1.807, 2.05) is 18.2 Å². The molecule has 0 radical (unpaired) electrons. The number of allylic oxidation sites excluding steroid dienone is 1. The molecule has 0 aliphatic heterocycles. The maximum Gasteiger partial charge on any atom is 0.418 e. The lowest BCUT2D eigenvalue weighted by Crippen LogP contribution is -2.18. The van der Waals surface area contributed by atoms with Gasteiger partial charge >= 0.3 is 6.18 Å². The zero-order chi connectivity index (χ0) is 23.1. The quantitative estimate of drug-likeness (QED) is 0.324. The van der Waals surface area contributed by atoms with E-state index in [4.69, 9.17) is 16.3 Å². The molecule has 0 spiro atoms. The summed E-state index contributed by atoms with van der Waals surface area (Å²) >= 11 is 6.70. The van der Waals surface area contributed by atoms with Crippen LogP contribution in [0.5, 0.6) is 5.75 Å². The average Bonchev–Trinajstić information content (AvgIpc) is 3.14. The smallest absolute Gasteiger partial charge is 0.418 e. The lowest BCUT2D eigenvalue weighted by Gasteiger charge is -2.14. The van der Waals surface area contributed by atoms with Crippen LogP contribution in [0.3, 0.4) is 0 Å². The van der Waals surface area contributed by atoms with Crippen molar-refractivity contribution in [3.63, 3.8) is 0 Å². The minimum atomic E-state index is -4.65. The third kappa shape index (κ3) is 6.27. The number of carbonyl (C=O) groups is 1. The molecule has 1 amide bonds. The molecule has 168 valence electrons. The SMILES string of the molecule is C=CCn1c(COc2ccccc2)nnc1SCC(=O)Nc1ccc(Cl)cc1C(F)(F)F. The summed E-state index contributed by atoms with van der Waals surface area (Å²) < 4.78 is 47.0. The van der Waals surface area contributed by atoms with E-state index >= 15 is 0 Å². The number of nitrogens with one attached hydrogen (secondary N) is 1. The fraction of sp³-hybridized carbons (Fsp3) is 0.190. The van der Waals surface area contributed by atoms with Gasteiger partial charge in [-0.2, -0.15) is 13.2 Å². The van der Waals surface area contributed by atoms with Crippen molar-refractivity contribution in [2.75, 3.05) is 11.1 Å². The zero-order valence-electron chi connectivity index (χ0n) is 16.6. The summed E-state index contributed by atoms with van der Waals surface area (Å²) in [6, 6.07) is 12.3.